The van der Waals surface area contributed by atoms with E-state index in [1.807, 2.05) is 0 Å². The van der Waals surface area contributed by atoms with E-state index in [1.165, 1.54) is 0 Å². The van der Waals surface area contributed by atoms with Gasteiger partial charge < -0.3 is 22.9 Å². The van der Waals surface area contributed by atoms with E-state index >= 15 is 0 Å². The highest BCUT2D eigenvalue weighted by Gasteiger charge is 2.07. The largest absolute Gasteiger partial charge is 0.394 e. The van der Waals surface area contributed by atoms with Gasteiger partial charge in [0.2, 0.25) is 6.33 Å². The molecule has 0 radical (unpaired) electrons. The molecule has 0 amide bonds. The summed E-state index contributed by atoms with van der Waals surface area (Å²) < 4.78 is 7.81. The minimum atomic E-state index is 0.387. The van der Waals surface area contributed by atoms with Crippen LogP contribution in [0.2, 0.25) is 0 Å². The van der Waals surface area contributed by atoms with E-state index in [0.29, 0.717) is 23.0 Å². The molecule has 0 aromatic carbocycles. The fraction of sp³-hybridized carbons (Fsp3) is 0.400. The number of hydrogen-bond donors (Lipinski definition) is 4. The van der Waals surface area contributed by atoms with Crippen molar-refractivity contribution in [2.45, 2.75) is 39.0 Å². The third kappa shape index (κ3) is 4.03. The SMILES string of the molecule is Nc1cn(CCC[n+]2ccn(CCCn3ncc(N)c3N)c2)nc1N. The van der Waals surface area contributed by atoms with E-state index in [4.69, 9.17) is 22.9 Å². The molecule has 3 heterocycles. The molecule has 3 aromatic rings. The molecule has 25 heavy (non-hydrogen) atoms. The van der Waals surface area contributed by atoms with Crippen LogP contribution in [0.25, 0.3) is 0 Å². The first-order valence-electron chi connectivity index (χ1n) is 8.23. The topological polar surface area (TPSA) is 149 Å². The van der Waals surface area contributed by atoms with E-state index in [-0.39, 0.29) is 0 Å². The van der Waals surface area contributed by atoms with Gasteiger partial charge in [-0.1, -0.05) is 0 Å². The van der Waals surface area contributed by atoms with Crippen LogP contribution in [-0.2, 0) is 26.2 Å². The maximum Gasteiger partial charge on any atom is 0.243 e. The third-order valence-electron chi connectivity index (χ3n) is 4.07. The number of imidazole rings is 1. The lowest BCUT2D eigenvalue weighted by molar-refractivity contribution is -0.697. The van der Waals surface area contributed by atoms with Gasteiger partial charge in [0, 0.05) is 25.9 Å². The molecule has 0 aliphatic heterocycles. The molecule has 3 rings (SSSR count). The van der Waals surface area contributed by atoms with Crippen LogP contribution in [0.15, 0.2) is 31.1 Å². The van der Waals surface area contributed by atoms with Gasteiger partial charge in [0.25, 0.3) is 0 Å². The quantitative estimate of drug-likeness (QED) is 0.411. The Hall–Kier alpha value is -3.17. The lowest BCUT2D eigenvalue weighted by atomic mass is 10.4. The van der Waals surface area contributed by atoms with Crippen LogP contribution in [0, 0.1) is 0 Å². The van der Waals surface area contributed by atoms with Gasteiger partial charge >= 0.3 is 0 Å². The first-order chi connectivity index (χ1) is 12.0. The van der Waals surface area contributed by atoms with Gasteiger partial charge in [0.1, 0.15) is 18.2 Å². The molecule has 0 atom stereocenters. The van der Waals surface area contributed by atoms with Crippen molar-refractivity contribution in [1.29, 1.82) is 0 Å². The lowest BCUT2D eigenvalue weighted by Crippen LogP contribution is -2.31. The second kappa shape index (κ2) is 7.16. The minimum absolute atomic E-state index is 0.387. The Morgan fingerprint density at radius 2 is 1.84 bits per heavy atom. The number of nitrogens with two attached hydrogens (primary N) is 4. The zero-order valence-corrected chi connectivity index (χ0v) is 14.1. The molecule has 8 N–H and O–H groups in total. The third-order valence-corrected chi connectivity index (χ3v) is 4.07. The molecule has 10 nitrogen and oxygen atoms in total. The van der Waals surface area contributed by atoms with Gasteiger partial charge in [-0.3, -0.25) is 4.68 Å². The van der Waals surface area contributed by atoms with Crippen molar-refractivity contribution in [3.8, 4) is 0 Å². The molecule has 3 aromatic heterocycles. The van der Waals surface area contributed by atoms with Gasteiger partial charge in [-0.25, -0.2) is 13.8 Å². The number of anilines is 4. The van der Waals surface area contributed by atoms with Gasteiger partial charge in [-0.05, 0) is 0 Å². The van der Waals surface area contributed by atoms with Crippen LogP contribution in [0.4, 0.5) is 23.0 Å². The van der Waals surface area contributed by atoms with E-state index < -0.39 is 0 Å². The standard InChI is InChI=1S/C15H25N10/c16-12-9-20-25(15(12)19)6-2-4-23-8-7-22(11-23)3-1-5-24-10-13(17)14(18)21-24/h7-11H,1-6,16-17,19H2,(H2,18,21)/q+1. The molecule has 0 aliphatic carbocycles. The van der Waals surface area contributed by atoms with Crippen molar-refractivity contribution >= 4 is 23.0 Å². The molecule has 0 fully saturated rings. The number of aromatic nitrogens is 6. The highest BCUT2D eigenvalue weighted by molar-refractivity contribution is 5.57. The van der Waals surface area contributed by atoms with E-state index in [2.05, 4.69) is 38.1 Å². The van der Waals surface area contributed by atoms with Gasteiger partial charge in [-0.15, -0.1) is 0 Å². The number of nitrogens with zero attached hydrogens (tertiary/aromatic N) is 6. The van der Waals surface area contributed by atoms with Crippen molar-refractivity contribution in [2.75, 3.05) is 22.9 Å². The molecule has 10 heteroatoms. The molecular formula is C15H25N10+. The average molecular weight is 345 g/mol. The molecule has 0 unspecified atom stereocenters. The molecule has 0 saturated heterocycles. The summed E-state index contributed by atoms with van der Waals surface area (Å²) in [7, 11) is 0. The number of aryl methyl sites for hydroxylation is 4. The Morgan fingerprint density at radius 1 is 1.00 bits per heavy atom. The Balaban J connectivity index is 1.42. The summed E-state index contributed by atoms with van der Waals surface area (Å²) in [6.07, 6.45) is 11.4. The second-order valence-corrected chi connectivity index (χ2v) is 6.04. The Bertz CT molecular complexity index is 808. The van der Waals surface area contributed by atoms with Crippen LogP contribution in [-0.4, -0.2) is 24.1 Å². The number of rotatable bonds is 8. The molecule has 134 valence electrons. The van der Waals surface area contributed by atoms with Crippen LogP contribution in [0.5, 0.6) is 0 Å². The average Bonchev–Trinajstić information content (AvgIpc) is 3.24. The first-order valence-corrected chi connectivity index (χ1v) is 8.23. The smallest absolute Gasteiger partial charge is 0.243 e. The zero-order chi connectivity index (χ0) is 17.8. The predicted octanol–water partition coefficient (Wildman–Crippen LogP) is -0.322. The summed E-state index contributed by atoms with van der Waals surface area (Å²) in [5.74, 6) is 0.917. The predicted molar refractivity (Wildman–Crippen MR) is 96.0 cm³/mol. The highest BCUT2D eigenvalue weighted by atomic mass is 15.3. The molecule has 0 aliphatic rings. The van der Waals surface area contributed by atoms with Gasteiger partial charge in [0.15, 0.2) is 5.82 Å². The fourth-order valence-corrected chi connectivity index (χ4v) is 2.68. The van der Waals surface area contributed by atoms with E-state index in [1.54, 1.807) is 21.8 Å². The minimum Gasteiger partial charge on any atom is -0.394 e. The number of nitrogen functional groups attached to an aromatic ring is 4. The van der Waals surface area contributed by atoms with Crippen LogP contribution < -0.4 is 27.5 Å². The molecule has 0 spiro atoms. The van der Waals surface area contributed by atoms with Gasteiger partial charge in [0.05, 0.1) is 36.9 Å². The van der Waals surface area contributed by atoms with Crippen molar-refractivity contribution in [3.63, 3.8) is 0 Å². The van der Waals surface area contributed by atoms with Crippen molar-refractivity contribution in [3.05, 3.63) is 31.1 Å². The monoisotopic (exact) mass is 345 g/mol. The summed E-state index contributed by atoms with van der Waals surface area (Å²) in [6.45, 7) is 3.30. The second-order valence-electron chi connectivity index (χ2n) is 6.04. The van der Waals surface area contributed by atoms with E-state index in [9.17, 15) is 0 Å². The summed E-state index contributed by atoms with van der Waals surface area (Å²) in [6, 6.07) is 0. The summed E-state index contributed by atoms with van der Waals surface area (Å²) in [5.41, 5.74) is 23.9. The van der Waals surface area contributed by atoms with Crippen LogP contribution in [0.3, 0.4) is 0 Å². The lowest BCUT2D eigenvalue weighted by Gasteiger charge is -2.02. The Kier molecular flexibility index (Phi) is 4.78. The van der Waals surface area contributed by atoms with Crippen molar-refractivity contribution < 1.29 is 4.57 Å². The summed E-state index contributed by atoms with van der Waals surface area (Å²) in [4.78, 5) is 0. The van der Waals surface area contributed by atoms with Crippen LogP contribution >= 0.6 is 0 Å². The molecule has 0 bridgehead atoms. The van der Waals surface area contributed by atoms with Crippen molar-refractivity contribution in [2.24, 2.45) is 0 Å². The fourth-order valence-electron chi connectivity index (χ4n) is 2.68. The van der Waals surface area contributed by atoms with Gasteiger partial charge in [-0.2, -0.15) is 10.2 Å². The summed E-state index contributed by atoms with van der Waals surface area (Å²) >= 11 is 0. The zero-order valence-electron chi connectivity index (χ0n) is 14.1. The van der Waals surface area contributed by atoms with Crippen LogP contribution in [0.1, 0.15) is 12.8 Å². The molecule has 0 saturated carbocycles. The Labute approximate surface area is 145 Å². The normalized spacial score (nSPS) is 11.2. The molecular weight excluding hydrogens is 320 g/mol. The summed E-state index contributed by atoms with van der Waals surface area (Å²) in [5, 5.41) is 8.31. The maximum absolute atomic E-state index is 5.84. The Morgan fingerprint density at radius 3 is 2.52 bits per heavy atom. The highest BCUT2D eigenvalue weighted by Crippen LogP contribution is 2.13. The van der Waals surface area contributed by atoms with E-state index in [0.717, 1.165) is 39.0 Å². The van der Waals surface area contributed by atoms with Crippen molar-refractivity contribution in [1.82, 2.24) is 24.1 Å². The number of hydrogen-bond acceptors (Lipinski definition) is 6. The maximum atomic E-state index is 5.84. The first kappa shape index (κ1) is 16.7.